The highest BCUT2D eigenvalue weighted by atomic mass is 127. The first-order chi connectivity index (χ1) is 15.1. The number of benzene rings is 2. The van der Waals surface area contributed by atoms with Gasteiger partial charge in [-0.1, -0.05) is 12.1 Å². The van der Waals surface area contributed by atoms with Crippen molar-refractivity contribution in [2.45, 2.75) is 19.9 Å². The summed E-state index contributed by atoms with van der Waals surface area (Å²) in [5, 5.41) is 9.22. The van der Waals surface area contributed by atoms with Crippen molar-refractivity contribution in [2.75, 3.05) is 41.5 Å². The van der Waals surface area contributed by atoms with Crippen LogP contribution in [0.25, 0.3) is 0 Å². The smallest absolute Gasteiger partial charge is 0.251 e. The average molecular weight is 556 g/mol. The molecule has 0 bridgehead atoms. The van der Waals surface area contributed by atoms with E-state index in [9.17, 15) is 4.79 Å². The van der Waals surface area contributed by atoms with E-state index in [4.69, 9.17) is 14.2 Å². The predicted molar refractivity (Wildman–Crippen MR) is 138 cm³/mol. The molecule has 2 rings (SSSR count). The molecule has 1 amide bonds. The van der Waals surface area contributed by atoms with Crippen LogP contribution >= 0.6 is 24.0 Å². The summed E-state index contributed by atoms with van der Waals surface area (Å²) in [5.41, 5.74) is 2.67. The zero-order valence-electron chi connectivity index (χ0n) is 19.3. The number of hydrogen-bond donors (Lipinski definition) is 3. The number of amides is 1. The minimum atomic E-state index is -0.0879. The monoisotopic (exact) mass is 556 g/mol. The van der Waals surface area contributed by atoms with Crippen molar-refractivity contribution < 1.29 is 19.0 Å². The number of rotatable bonds is 10. The molecule has 3 N–H and O–H groups in total. The van der Waals surface area contributed by atoms with Crippen LogP contribution in [0.4, 0.5) is 0 Å². The molecule has 0 aliphatic carbocycles. The van der Waals surface area contributed by atoms with Crippen molar-refractivity contribution in [1.82, 2.24) is 16.0 Å². The molecule has 0 fully saturated rings. The third kappa shape index (κ3) is 7.77. The highest BCUT2D eigenvalue weighted by molar-refractivity contribution is 14.0. The van der Waals surface area contributed by atoms with E-state index in [-0.39, 0.29) is 29.9 Å². The quantitative estimate of drug-likeness (QED) is 0.237. The van der Waals surface area contributed by atoms with Gasteiger partial charge in [-0.3, -0.25) is 4.79 Å². The maximum Gasteiger partial charge on any atom is 0.251 e. The lowest BCUT2D eigenvalue weighted by Crippen LogP contribution is -2.38. The Labute approximate surface area is 207 Å². The number of hydrogen-bond acceptors (Lipinski definition) is 5. The van der Waals surface area contributed by atoms with Crippen molar-refractivity contribution in [1.29, 1.82) is 0 Å². The van der Waals surface area contributed by atoms with E-state index in [0.29, 0.717) is 41.9 Å². The lowest BCUT2D eigenvalue weighted by molar-refractivity contribution is 0.0963. The number of ether oxygens (including phenoxy) is 3. The van der Waals surface area contributed by atoms with Gasteiger partial charge in [0.05, 0.1) is 27.9 Å². The van der Waals surface area contributed by atoms with Crippen molar-refractivity contribution in [3.63, 3.8) is 0 Å². The predicted octanol–water partition coefficient (Wildman–Crippen LogP) is 2.99. The fourth-order valence-corrected chi connectivity index (χ4v) is 3.08. The Morgan fingerprint density at radius 2 is 1.66 bits per heavy atom. The second-order valence-electron chi connectivity index (χ2n) is 6.69. The van der Waals surface area contributed by atoms with Crippen LogP contribution in [0.5, 0.6) is 17.2 Å². The average Bonchev–Trinajstić information content (AvgIpc) is 2.81. The fraction of sp³-hybridized carbons (Fsp3) is 0.391. The lowest BCUT2D eigenvalue weighted by atomic mass is 10.1. The highest BCUT2D eigenvalue weighted by Crippen LogP contribution is 2.38. The van der Waals surface area contributed by atoms with Gasteiger partial charge < -0.3 is 30.2 Å². The number of nitrogens with one attached hydrogen (secondary N) is 3. The van der Waals surface area contributed by atoms with Crippen LogP contribution in [-0.2, 0) is 13.0 Å². The lowest BCUT2D eigenvalue weighted by Gasteiger charge is -2.14. The third-order valence-electron chi connectivity index (χ3n) is 4.61. The van der Waals surface area contributed by atoms with Crippen LogP contribution in [-0.4, -0.2) is 53.3 Å². The summed E-state index contributed by atoms with van der Waals surface area (Å²) >= 11 is 0. The maximum atomic E-state index is 11.8. The van der Waals surface area contributed by atoms with Gasteiger partial charge in [0.15, 0.2) is 17.5 Å². The molecule has 0 saturated heterocycles. The van der Waals surface area contributed by atoms with Gasteiger partial charge in [-0.05, 0) is 48.7 Å². The Morgan fingerprint density at radius 1 is 0.969 bits per heavy atom. The molecule has 2 aromatic carbocycles. The number of methoxy groups -OCH3 is 3. The molecule has 32 heavy (non-hydrogen) atoms. The zero-order chi connectivity index (χ0) is 22.6. The van der Waals surface area contributed by atoms with Crippen LogP contribution in [0.15, 0.2) is 41.4 Å². The minimum absolute atomic E-state index is 0. The van der Waals surface area contributed by atoms with E-state index in [1.54, 1.807) is 34.4 Å². The summed E-state index contributed by atoms with van der Waals surface area (Å²) in [5.74, 6) is 2.37. The van der Waals surface area contributed by atoms with E-state index in [1.807, 2.05) is 37.3 Å². The maximum absolute atomic E-state index is 11.8. The summed E-state index contributed by atoms with van der Waals surface area (Å²) in [6.45, 7) is 3.88. The molecule has 0 aliphatic rings. The van der Waals surface area contributed by atoms with Gasteiger partial charge in [0.2, 0.25) is 5.75 Å². The van der Waals surface area contributed by atoms with Gasteiger partial charge in [-0.2, -0.15) is 0 Å². The fourth-order valence-electron chi connectivity index (χ4n) is 3.08. The van der Waals surface area contributed by atoms with Crippen LogP contribution in [0.3, 0.4) is 0 Å². The summed E-state index contributed by atoms with van der Waals surface area (Å²) < 4.78 is 16.2. The van der Waals surface area contributed by atoms with Crippen molar-refractivity contribution in [3.8, 4) is 17.2 Å². The molecule has 0 heterocycles. The molecule has 2 aromatic rings. The van der Waals surface area contributed by atoms with Crippen LogP contribution in [0, 0.1) is 0 Å². The van der Waals surface area contributed by atoms with Crippen molar-refractivity contribution >= 4 is 35.8 Å². The van der Waals surface area contributed by atoms with Gasteiger partial charge >= 0.3 is 0 Å². The van der Waals surface area contributed by atoms with Crippen molar-refractivity contribution in [2.24, 2.45) is 4.99 Å². The Morgan fingerprint density at radius 3 is 2.22 bits per heavy atom. The van der Waals surface area contributed by atoms with E-state index < -0.39 is 0 Å². The summed E-state index contributed by atoms with van der Waals surface area (Å²) in [6.07, 6.45) is 0.763. The number of aliphatic imine (C=N–C) groups is 1. The topological polar surface area (TPSA) is 93.2 Å². The van der Waals surface area contributed by atoms with E-state index in [2.05, 4.69) is 20.9 Å². The Balaban J connectivity index is 0.00000512. The molecule has 176 valence electrons. The number of carbonyl (C=O) groups is 1. The molecule has 0 atom stereocenters. The summed E-state index contributed by atoms with van der Waals surface area (Å²) in [6, 6.07) is 11.4. The number of carbonyl (C=O) groups excluding carboxylic acids is 1. The van der Waals surface area contributed by atoms with Crippen LogP contribution in [0.1, 0.15) is 28.4 Å². The normalized spacial score (nSPS) is 10.6. The second-order valence-corrected chi connectivity index (χ2v) is 6.69. The second kappa shape index (κ2) is 14.4. The van der Waals surface area contributed by atoms with Gasteiger partial charge in [-0.25, -0.2) is 4.99 Å². The first-order valence-corrected chi connectivity index (χ1v) is 10.2. The minimum Gasteiger partial charge on any atom is -0.493 e. The Bertz CT molecular complexity index is 880. The SMILES string of the molecule is CCNC(=NCc1cc(OC)c(OC)c(OC)c1)NCCc1cccc(C(=O)NC)c1.I. The first kappa shape index (κ1) is 27.3. The van der Waals surface area contributed by atoms with Gasteiger partial charge in [0, 0.05) is 25.7 Å². The molecule has 0 unspecified atom stereocenters. The Kier molecular flexibility index (Phi) is 12.3. The van der Waals surface area contributed by atoms with Gasteiger partial charge in [0.25, 0.3) is 5.91 Å². The number of halogens is 1. The number of guanidine groups is 1. The molecular weight excluding hydrogens is 523 g/mol. The van der Waals surface area contributed by atoms with E-state index in [0.717, 1.165) is 24.1 Å². The van der Waals surface area contributed by atoms with E-state index >= 15 is 0 Å². The van der Waals surface area contributed by atoms with Crippen LogP contribution < -0.4 is 30.2 Å². The third-order valence-corrected chi connectivity index (χ3v) is 4.61. The van der Waals surface area contributed by atoms with Crippen molar-refractivity contribution in [3.05, 3.63) is 53.1 Å². The molecular formula is C23H33IN4O4. The standard InChI is InChI=1S/C23H32N4O4.HI/c1-6-25-23(26-11-10-16-8-7-9-18(12-16)22(28)24-2)27-15-17-13-19(29-3)21(31-5)20(14-17)30-4;/h7-9,12-14H,6,10-11,15H2,1-5H3,(H,24,28)(H2,25,26,27);1H. The first-order valence-electron chi connectivity index (χ1n) is 10.2. The van der Waals surface area contributed by atoms with Gasteiger partial charge in [-0.15, -0.1) is 24.0 Å². The summed E-state index contributed by atoms with van der Waals surface area (Å²) in [4.78, 5) is 16.5. The molecule has 9 heteroatoms. The van der Waals surface area contributed by atoms with Crippen LogP contribution in [0.2, 0.25) is 0 Å². The zero-order valence-corrected chi connectivity index (χ0v) is 21.6. The molecule has 8 nitrogen and oxygen atoms in total. The summed E-state index contributed by atoms with van der Waals surface area (Å²) in [7, 11) is 6.39. The molecule has 0 saturated carbocycles. The molecule has 0 aliphatic heterocycles. The molecule has 0 aromatic heterocycles. The van der Waals surface area contributed by atoms with E-state index in [1.165, 1.54) is 0 Å². The Hall–Kier alpha value is -2.69. The molecule has 0 spiro atoms. The highest BCUT2D eigenvalue weighted by Gasteiger charge is 2.13. The largest absolute Gasteiger partial charge is 0.493 e. The number of nitrogens with zero attached hydrogens (tertiary/aromatic N) is 1. The van der Waals surface area contributed by atoms with Gasteiger partial charge in [0.1, 0.15) is 0 Å². The molecule has 0 radical (unpaired) electrons.